The SMILES string of the molecule is CC(O)c1cccc(S(=O)(=O)N(C)Cc2ccccn2)c1. The van der Waals surface area contributed by atoms with Gasteiger partial charge in [0, 0.05) is 13.2 Å². The molecule has 0 saturated carbocycles. The number of benzene rings is 1. The molecule has 0 aliphatic carbocycles. The van der Waals surface area contributed by atoms with Gasteiger partial charge >= 0.3 is 0 Å². The van der Waals surface area contributed by atoms with E-state index in [0.717, 1.165) is 0 Å². The number of aliphatic hydroxyl groups excluding tert-OH is 1. The summed E-state index contributed by atoms with van der Waals surface area (Å²) in [4.78, 5) is 4.29. The maximum absolute atomic E-state index is 12.5. The van der Waals surface area contributed by atoms with Gasteiger partial charge in [0.25, 0.3) is 0 Å². The van der Waals surface area contributed by atoms with Crippen molar-refractivity contribution in [3.05, 3.63) is 59.9 Å². The Hall–Kier alpha value is -1.76. The Kier molecular flexibility index (Phi) is 4.72. The first-order valence-corrected chi connectivity index (χ1v) is 7.99. The maximum atomic E-state index is 12.5. The molecule has 21 heavy (non-hydrogen) atoms. The molecule has 1 heterocycles. The highest BCUT2D eigenvalue weighted by atomic mass is 32.2. The predicted octanol–water partition coefficient (Wildman–Crippen LogP) is 1.96. The molecule has 0 spiro atoms. The van der Waals surface area contributed by atoms with E-state index in [4.69, 9.17) is 0 Å². The highest BCUT2D eigenvalue weighted by molar-refractivity contribution is 7.89. The second kappa shape index (κ2) is 6.34. The first-order chi connectivity index (χ1) is 9.91. The first-order valence-electron chi connectivity index (χ1n) is 6.55. The molecule has 1 N–H and O–H groups in total. The van der Waals surface area contributed by atoms with Gasteiger partial charge in [-0.15, -0.1) is 0 Å². The van der Waals surface area contributed by atoms with Crippen molar-refractivity contribution in [3.8, 4) is 0 Å². The normalized spacial score (nSPS) is 13.3. The van der Waals surface area contributed by atoms with E-state index < -0.39 is 16.1 Å². The third-order valence-electron chi connectivity index (χ3n) is 3.16. The van der Waals surface area contributed by atoms with Crippen LogP contribution in [0.15, 0.2) is 53.6 Å². The fourth-order valence-corrected chi connectivity index (χ4v) is 3.12. The van der Waals surface area contributed by atoms with Crippen LogP contribution in [0.5, 0.6) is 0 Å². The smallest absolute Gasteiger partial charge is 0.243 e. The molecule has 1 aromatic carbocycles. The number of nitrogens with zero attached hydrogens (tertiary/aromatic N) is 2. The molecule has 0 fully saturated rings. The monoisotopic (exact) mass is 306 g/mol. The van der Waals surface area contributed by atoms with Gasteiger partial charge in [-0.05, 0) is 36.8 Å². The number of hydrogen-bond acceptors (Lipinski definition) is 4. The van der Waals surface area contributed by atoms with Crippen LogP contribution in [0.3, 0.4) is 0 Å². The highest BCUT2D eigenvalue weighted by Gasteiger charge is 2.21. The molecule has 5 nitrogen and oxygen atoms in total. The van der Waals surface area contributed by atoms with Crippen LogP contribution in [-0.2, 0) is 16.6 Å². The van der Waals surface area contributed by atoms with Crippen molar-refractivity contribution in [1.29, 1.82) is 0 Å². The van der Waals surface area contributed by atoms with Crippen LogP contribution in [0.2, 0.25) is 0 Å². The average Bonchev–Trinajstić information content (AvgIpc) is 2.48. The van der Waals surface area contributed by atoms with E-state index in [-0.39, 0.29) is 11.4 Å². The summed E-state index contributed by atoms with van der Waals surface area (Å²) in [6.07, 6.45) is 0.922. The molecule has 0 aliphatic heterocycles. The fourth-order valence-electron chi connectivity index (χ4n) is 1.92. The van der Waals surface area contributed by atoms with Crippen LogP contribution in [0.4, 0.5) is 0 Å². The summed E-state index contributed by atoms with van der Waals surface area (Å²) >= 11 is 0. The van der Waals surface area contributed by atoms with E-state index in [0.29, 0.717) is 11.3 Å². The largest absolute Gasteiger partial charge is 0.389 e. The summed E-state index contributed by atoms with van der Waals surface area (Å²) in [6.45, 7) is 1.80. The third kappa shape index (κ3) is 3.66. The van der Waals surface area contributed by atoms with Crippen LogP contribution in [0, 0.1) is 0 Å². The number of rotatable bonds is 5. The summed E-state index contributed by atoms with van der Waals surface area (Å²) in [5, 5.41) is 9.57. The maximum Gasteiger partial charge on any atom is 0.243 e. The van der Waals surface area contributed by atoms with E-state index >= 15 is 0 Å². The zero-order chi connectivity index (χ0) is 15.5. The van der Waals surface area contributed by atoms with Gasteiger partial charge in [-0.3, -0.25) is 4.98 Å². The molecule has 0 radical (unpaired) electrons. The second-order valence-electron chi connectivity index (χ2n) is 4.83. The topological polar surface area (TPSA) is 70.5 Å². The summed E-state index contributed by atoms with van der Waals surface area (Å²) in [6, 6.07) is 11.7. The van der Waals surface area contributed by atoms with Crippen molar-refractivity contribution in [2.45, 2.75) is 24.5 Å². The van der Waals surface area contributed by atoms with Gasteiger partial charge < -0.3 is 5.11 Å². The Morgan fingerprint density at radius 3 is 2.62 bits per heavy atom. The second-order valence-corrected chi connectivity index (χ2v) is 6.88. The summed E-state index contributed by atoms with van der Waals surface area (Å²) in [5.74, 6) is 0. The van der Waals surface area contributed by atoms with E-state index in [1.54, 1.807) is 37.4 Å². The average molecular weight is 306 g/mol. The molecule has 6 heteroatoms. The molecule has 1 aromatic heterocycles. The lowest BCUT2D eigenvalue weighted by Gasteiger charge is -2.17. The summed E-state index contributed by atoms with van der Waals surface area (Å²) in [7, 11) is -2.10. The zero-order valence-electron chi connectivity index (χ0n) is 12.0. The van der Waals surface area contributed by atoms with Gasteiger partial charge in [0.15, 0.2) is 0 Å². The summed E-state index contributed by atoms with van der Waals surface area (Å²) in [5.41, 5.74) is 1.25. The molecule has 1 unspecified atom stereocenters. The van der Waals surface area contributed by atoms with Crippen LogP contribution in [0.25, 0.3) is 0 Å². The van der Waals surface area contributed by atoms with Crippen LogP contribution < -0.4 is 0 Å². The molecule has 2 aromatic rings. The molecule has 0 aliphatic rings. The molecule has 0 saturated heterocycles. The molecule has 2 rings (SSSR count). The van der Waals surface area contributed by atoms with E-state index in [1.165, 1.54) is 23.5 Å². The van der Waals surface area contributed by atoms with Crippen molar-refractivity contribution < 1.29 is 13.5 Å². The molecule has 0 amide bonds. The minimum absolute atomic E-state index is 0.166. The number of pyridine rings is 1. The lowest BCUT2D eigenvalue weighted by molar-refractivity contribution is 0.199. The first kappa shape index (κ1) is 15.6. The lowest BCUT2D eigenvalue weighted by atomic mass is 10.1. The van der Waals surface area contributed by atoms with Gasteiger partial charge in [0.2, 0.25) is 10.0 Å². The Morgan fingerprint density at radius 2 is 2.00 bits per heavy atom. The third-order valence-corrected chi connectivity index (χ3v) is 4.96. The number of sulfonamides is 1. The molecule has 112 valence electrons. The molecule has 1 atom stereocenters. The Balaban J connectivity index is 2.27. The van der Waals surface area contributed by atoms with Gasteiger partial charge in [-0.2, -0.15) is 4.31 Å². The molecule has 0 bridgehead atoms. The van der Waals surface area contributed by atoms with E-state index in [2.05, 4.69) is 4.98 Å². The van der Waals surface area contributed by atoms with Crippen LogP contribution >= 0.6 is 0 Å². The Morgan fingerprint density at radius 1 is 1.24 bits per heavy atom. The van der Waals surface area contributed by atoms with Crippen molar-refractivity contribution >= 4 is 10.0 Å². The molecular formula is C15H18N2O3S. The van der Waals surface area contributed by atoms with Crippen molar-refractivity contribution in [1.82, 2.24) is 9.29 Å². The van der Waals surface area contributed by atoms with Gasteiger partial charge in [-0.1, -0.05) is 18.2 Å². The standard InChI is InChI=1S/C15H18N2O3S/c1-12(18)13-6-5-8-15(10-13)21(19,20)17(2)11-14-7-3-4-9-16-14/h3-10,12,18H,11H2,1-2H3. The van der Waals surface area contributed by atoms with Crippen molar-refractivity contribution in [2.75, 3.05) is 7.05 Å². The quantitative estimate of drug-likeness (QED) is 0.916. The predicted molar refractivity (Wildman–Crippen MR) is 80.0 cm³/mol. The van der Waals surface area contributed by atoms with Crippen LogP contribution in [-0.4, -0.2) is 29.9 Å². The minimum atomic E-state index is -3.61. The minimum Gasteiger partial charge on any atom is -0.389 e. The van der Waals surface area contributed by atoms with E-state index in [1.807, 2.05) is 6.07 Å². The van der Waals surface area contributed by atoms with Gasteiger partial charge in [-0.25, -0.2) is 8.42 Å². The summed E-state index contributed by atoms with van der Waals surface area (Å²) < 4.78 is 26.3. The van der Waals surface area contributed by atoms with Crippen LogP contribution in [0.1, 0.15) is 24.3 Å². The van der Waals surface area contributed by atoms with E-state index in [9.17, 15) is 13.5 Å². The number of hydrogen-bond donors (Lipinski definition) is 1. The molecular weight excluding hydrogens is 288 g/mol. The zero-order valence-corrected chi connectivity index (χ0v) is 12.8. The van der Waals surface area contributed by atoms with Crippen molar-refractivity contribution in [3.63, 3.8) is 0 Å². The number of aliphatic hydroxyl groups is 1. The Labute approximate surface area is 124 Å². The van der Waals surface area contributed by atoms with Crippen molar-refractivity contribution in [2.24, 2.45) is 0 Å². The number of aromatic nitrogens is 1. The Bertz CT molecular complexity index is 700. The lowest BCUT2D eigenvalue weighted by Crippen LogP contribution is -2.27. The van der Waals surface area contributed by atoms with Gasteiger partial charge in [0.1, 0.15) is 0 Å². The highest BCUT2D eigenvalue weighted by Crippen LogP contribution is 2.20. The fraction of sp³-hybridized carbons (Fsp3) is 0.267. The van der Waals surface area contributed by atoms with Gasteiger partial charge in [0.05, 0.1) is 23.2 Å².